The van der Waals surface area contributed by atoms with Crippen LogP contribution in [0.5, 0.6) is 0 Å². The van der Waals surface area contributed by atoms with Crippen LogP contribution >= 0.6 is 0 Å². The summed E-state index contributed by atoms with van der Waals surface area (Å²) in [5, 5.41) is 11.0. The Morgan fingerprint density at radius 3 is 2.33 bits per heavy atom. The lowest BCUT2D eigenvalue weighted by molar-refractivity contribution is -0.384. The van der Waals surface area contributed by atoms with Crippen LogP contribution in [0.1, 0.15) is 30.9 Å². The summed E-state index contributed by atoms with van der Waals surface area (Å²) in [5.41, 5.74) is 1.55. The van der Waals surface area contributed by atoms with Crippen LogP contribution in [0.4, 0.5) is 11.4 Å². The van der Waals surface area contributed by atoms with Crippen molar-refractivity contribution in [2.45, 2.75) is 31.1 Å². The van der Waals surface area contributed by atoms with E-state index in [4.69, 9.17) is 0 Å². The Bertz CT molecular complexity index is 1250. The minimum absolute atomic E-state index is 0.0165. The average molecular weight is 465 g/mol. The van der Waals surface area contributed by atoms with Crippen molar-refractivity contribution in [3.8, 4) is 0 Å². The Morgan fingerprint density at radius 2 is 1.70 bits per heavy atom. The average Bonchev–Trinajstić information content (AvgIpc) is 2.83. The summed E-state index contributed by atoms with van der Waals surface area (Å²) in [6.07, 6.45) is 5.37. The number of amides is 1. The molecule has 3 rings (SSSR count). The van der Waals surface area contributed by atoms with Crippen molar-refractivity contribution in [1.29, 1.82) is 0 Å². The molecule has 0 bridgehead atoms. The fraction of sp³-hybridized carbons (Fsp3) is 0.160. The molecule has 3 aromatic rings. The molecule has 0 spiro atoms. The van der Waals surface area contributed by atoms with Gasteiger partial charge >= 0.3 is 0 Å². The van der Waals surface area contributed by atoms with Crippen LogP contribution in [-0.2, 0) is 21.2 Å². The van der Waals surface area contributed by atoms with Gasteiger partial charge in [0.1, 0.15) is 0 Å². The molecule has 0 saturated heterocycles. The fourth-order valence-electron chi connectivity index (χ4n) is 3.24. The second-order valence-electron chi connectivity index (χ2n) is 7.38. The number of nitro groups is 1. The topological polar surface area (TPSA) is 97.6 Å². The molecule has 0 aliphatic carbocycles. The molecule has 3 aromatic carbocycles. The number of nitrogens with zero attached hydrogens (tertiary/aromatic N) is 2. The highest BCUT2D eigenvalue weighted by Gasteiger charge is 2.29. The molecule has 0 heterocycles. The van der Waals surface area contributed by atoms with Gasteiger partial charge in [-0.05, 0) is 54.3 Å². The molecule has 7 nitrogen and oxygen atoms in total. The van der Waals surface area contributed by atoms with Gasteiger partial charge in [0.2, 0.25) is 0 Å². The number of rotatable bonds is 9. The minimum Gasteiger partial charge on any atom is -0.268 e. The molecular weight excluding hydrogens is 440 g/mol. The standard InChI is InChI=1S/C25H24N2O5S/c1-2-3-8-20-13-16-22(17-14-20)26(33(31,32)24-11-5-4-6-12-24)25(28)18-15-21-9-7-10-23(19-21)27(29)30/h4-7,9-19H,2-3,8H2,1H3/b18-15+. The zero-order chi connectivity index (χ0) is 23.8. The molecule has 0 unspecified atom stereocenters. The minimum atomic E-state index is -4.18. The lowest BCUT2D eigenvalue weighted by Gasteiger charge is -2.21. The fourth-order valence-corrected chi connectivity index (χ4v) is 4.65. The van der Waals surface area contributed by atoms with Crippen molar-refractivity contribution in [2.75, 3.05) is 4.31 Å². The lowest BCUT2D eigenvalue weighted by Crippen LogP contribution is -2.35. The van der Waals surface area contributed by atoms with Gasteiger partial charge in [-0.15, -0.1) is 0 Å². The molecule has 8 heteroatoms. The molecular formula is C25H24N2O5S. The van der Waals surface area contributed by atoms with E-state index in [0.29, 0.717) is 5.56 Å². The molecule has 0 aromatic heterocycles. The number of nitro benzene ring substituents is 1. The third-order valence-electron chi connectivity index (χ3n) is 4.97. The van der Waals surface area contributed by atoms with Crippen LogP contribution in [0.15, 0.2) is 89.8 Å². The predicted octanol–water partition coefficient (Wildman–Crippen LogP) is 5.37. The third kappa shape index (κ3) is 5.93. The highest BCUT2D eigenvalue weighted by Crippen LogP contribution is 2.25. The van der Waals surface area contributed by atoms with Crippen molar-refractivity contribution in [3.05, 3.63) is 106 Å². The van der Waals surface area contributed by atoms with Gasteiger partial charge in [-0.1, -0.05) is 55.8 Å². The Kier molecular flexibility index (Phi) is 7.74. The van der Waals surface area contributed by atoms with Crippen LogP contribution in [0.3, 0.4) is 0 Å². The van der Waals surface area contributed by atoms with Gasteiger partial charge in [-0.25, -0.2) is 8.42 Å². The first kappa shape index (κ1) is 23.9. The predicted molar refractivity (Wildman–Crippen MR) is 128 cm³/mol. The zero-order valence-corrected chi connectivity index (χ0v) is 18.9. The van der Waals surface area contributed by atoms with Gasteiger partial charge in [0.15, 0.2) is 0 Å². The first-order valence-electron chi connectivity index (χ1n) is 10.5. The summed E-state index contributed by atoms with van der Waals surface area (Å²) in [6, 6.07) is 20.3. The quantitative estimate of drug-likeness (QED) is 0.241. The van der Waals surface area contributed by atoms with Crippen molar-refractivity contribution >= 4 is 33.4 Å². The molecule has 0 radical (unpaired) electrons. The number of anilines is 1. The summed E-state index contributed by atoms with van der Waals surface area (Å²) >= 11 is 0. The van der Waals surface area contributed by atoms with Crippen molar-refractivity contribution in [1.82, 2.24) is 0 Å². The second-order valence-corrected chi connectivity index (χ2v) is 9.16. The van der Waals surface area contributed by atoms with E-state index in [-0.39, 0.29) is 16.3 Å². The highest BCUT2D eigenvalue weighted by atomic mass is 32.2. The van der Waals surface area contributed by atoms with E-state index in [2.05, 4.69) is 6.92 Å². The maximum atomic E-state index is 13.4. The number of carbonyl (C=O) groups is 1. The summed E-state index contributed by atoms with van der Waals surface area (Å²) in [5.74, 6) is -0.785. The van der Waals surface area contributed by atoms with E-state index in [1.54, 1.807) is 36.4 Å². The zero-order valence-electron chi connectivity index (χ0n) is 18.1. The van der Waals surface area contributed by atoms with E-state index in [0.717, 1.165) is 35.2 Å². The van der Waals surface area contributed by atoms with Crippen LogP contribution in [0, 0.1) is 10.1 Å². The second kappa shape index (κ2) is 10.7. The summed E-state index contributed by atoms with van der Waals surface area (Å²) in [4.78, 5) is 23.6. The molecule has 1 amide bonds. The normalized spacial score (nSPS) is 11.4. The van der Waals surface area contributed by atoms with Gasteiger partial charge < -0.3 is 0 Å². The van der Waals surface area contributed by atoms with Crippen LogP contribution in [0.2, 0.25) is 0 Å². The van der Waals surface area contributed by atoms with Crippen molar-refractivity contribution in [3.63, 3.8) is 0 Å². The number of benzene rings is 3. The number of unbranched alkanes of at least 4 members (excludes halogenated alkanes) is 1. The van der Waals surface area contributed by atoms with Crippen molar-refractivity contribution < 1.29 is 18.1 Å². The number of aryl methyl sites for hydroxylation is 1. The van der Waals surface area contributed by atoms with Gasteiger partial charge in [0, 0.05) is 18.2 Å². The van der Waals surface area contributed by atoms with E-state index < -0.39 is 20.9 Å². The molecule has 0 saturated carbocycles. The largest absolute Gasteiger partial charge is 0.271 e. The monoisotopic (exact) mass is 464 g/mol. The maximum absolute atomic E-state index is 13.4. The summed E-state index contributed by atoms with van der Waals surface area (Å²) < 4.78 is 27.5. The maximum Gasteiger partial charge on any atom is 0.271 e. The lowest BCUT2D eigenvalue weighted by atomic mass is 10.1. The number of carbonyl (C=O) groups excluding carboxylic acids is 1. The van der Waals surface area contributed by atoms with Crippen LogP contribution in [-0.4, -0.2) is 19.2 Å². The SMILES string of the molecule is CCCCc1ccc(N(C(=O)/C=C/c2cccc([N+](=O)[O-])c2)S(=O)(=O)c2ccccc2)cc1. The summed E-state index contributed by atoms with van der Waals surface area (Å²) in [6.45, 7) is 2.09. The van der Waals surface area contributed by atoms with Gasteiger partial charge in [0.25, 0.3) is 21.6 Å². The molecule has 0 aliphatic rings. The van der Waals surface area contributed by atoms with E-state index in [9.17, 15) is 23.3 Å². The Labute approximate surface area is 193 Å². The smallest absolute Gasteiger partial charge is 0.268 e. The first-order valence-corrected chi connectivity index (χ1v) is 11.9. The number of hydrogen-bond donors (Lipinski definition) is 0. The van der Waals surface area contributed by atoms with Gasteiger partial charge in [-0.2, -0.15) is 4.31 Å². The first-order chi connectivity index (χ1) is 15.8. The van der Waals surface area contributed by atoms with Gasteiger partial charge in [0.05, 0.1) is 15.5 Å². The Hall–Kier alpha value is -3.78. The Morgan fingerprint density at radius 1 is 1.00 bits per heavy atom. The van der Waals surface area contributed by atoms with E-state index in [1.807, 2.05) is 12.1 Å². The van der Waals surface area contributed by atoms with E-state index >= 15 is 0 Å². The molecule has 33 heavy (non-hydrogen) atoms. The van der Waals surface area contributed by atoms with Crippen molar-refractivity contribution in [2.24, 2.45) is 0 Å². The molecule has 0 atom stereocenters. The summed E-state index contributed by atoms with van der Waals surface area (Å²) in [7, 11) is -4.18. The molecule has 0 N–H and O–H groups in total. The molecule has 0 aliphatic heterocycles. The number of non-ortho nitro benzene ring substituents is 1. The number of hydrogen-bond acceptors (Lipinski definition) is 5. The molecule has 0 fully saturated rings. The van der Waals surface area contributed by atoms with E-state index in [1.165, 1.54) is 36.4 Å². The van der Waals surface area contributed by atoms with Gasteiger partial charge in [-0.3, -0.25) is 14.9 Å². The molecule has 170 valence electrons. The van der Waals surface area contributed by atoms with Crippen LogP contribution < -0.4 is 4.31 Å². The number of sulfonamides is 1. The van der Waals surface area contributed by atoms with Crippen LogP contribution in [0.25, 0.3) is 6.08 Å². The highest BCUT2D eigenvalue weighted by molar-refractivity contribution is 7.93. The third-order valence-corrected chi connectivity index (χ3v) is 6.71. The Balaban J connectivity index is 1.99.